The van der Waals surface area contributed by atoms with E-state index < -0.39 is 0 Å². The zero-order chi connectivity index (χ0) is 14.9. The fourth-order valence-electron chi connectivity index (χ4n) is 2.48. The summed E-state index contributed by atoms with van der Waals surface area (Å²) in [6.45, 7) is 3.95. The summed E-state index contributed by atoms with van der Waals surface area (Å²) < 4.78 is 0. The summed E-state index contributed by atoms with van der Waals surface area (Å²) in [6, 6.07) is 8.84. The average molecular weight is 274 g/mol. The van der Waals surface area contributed by atoms with E-state index in [4.69, 9.17) is 0 Å². The van der Waals surface area contributed by atoms with E-state index in [-0.39, 0.29) is 34.8 Å². The monoisotopic (exact) mass is 274 g/mol. The molecule has 0 saturated carbocycles. The van der Waals surface area contributed by atoms with Crippen molar-refractivity contribution in [3.63, 3.8) is 0 Å². The van der Waals surface area contributed by atoms with Crippen molar-refractivity contribution in [1.29, 1.82) is 0 Å². The van der Waals surface area contributed by atoms with Gasteiger partial charge in [0.1, 0.15) is 23.0 Å². The molecule has 2 rings (SSSR count). The van der Waals surface area contributed by atoms with Crippen LogP contribution in [0.25, 0.3) is 0 Å². The number of rotatable bonds is 3. The van der Waals surface area contributed by atoms with E-state index in [1.807, 2.05) is 13.8 Å². The predicted molar refractivity (Wildman–Crippen MR) is 76.2 cm³/mol. The Morgan fingerprint density at radius 1 is 0.700 bits per heavy atom. The molecule has 0 aliphatic rings. The van der Waals surface area contributed by atoms with Crippen LogP contribution in [0.3, 0.4) is 0 Å². The van der Waals surface area contributed by atoms with E-state index in [1.165, 1.54) is 24.3 Å². The lowest BCUT2D eigenvalue weighted by atomic mass is 9.81. The maximum absolute atomic E-state index is 10.0. The maximum atomic E-state index is 10.0. The topological polar surface area (TPSA) is 80.9 Å². The van der Waals surface area contributed by atoms with Crippen LogP contribution >= 0.6 is 0 Å². The van der Waals surface area contributed by atoms with Crippen LogP contribution in [0.4, 0.5) is 0 Å². The van der Waals surface area contributed by atoms with E-state index in [0.717, 1.165) is 0 Å². The van der Waals surface area contributed by atoms with Crippen LogP contribution in [0.2, 0.25) is 0 Å². The van der Waals surface area contributed by atoms with Crippen molar-refractivity contribution in [2.24, 2.45) is 5.92 Å². The highest BCUT2D eigenvalue weighted by Gasteiger charge is 2.24. The van der Waals surface area contributed by atoms with Crippen molar-refractivity contribution >= 4 is 0 Å². The second-order valence-corrected chi connectivity index (χ2v) is 5.21. The standard InChI is InChI=1S/C16H18O4/c1-9(2)16(12-5-3-10(17)7-14(12)19)13-6-4-11(18)8-15(13)20/h3-9,16-20H,1-2H3. The zero-order valence-electron chi connectivity index (χ0n) is 11.4. The summed E-state index contributed by atoms with van der Waals surface area (Å²) >= 11 is 0. The van der Waals surface area contributed by atoms with E-state index >= 15 is 0 Å². The lowest BCUT2D eigenvalue weighted by molar-refractivity contribution is 0.423. The molecule has 0 aromatic heterocycles. The number of phenolic OH excluding ortho intramolecular Hbond substituents is 4. The van der Waals surface area contributed by atoms with Gasteiger partial charge in [-0.15, -0.1) is 0 Å². The van der Waals surface area contributed by atoms with Crippen LogP contribution in [-0.4, -0.2) is 20.4 Å². The third-order valence-corrected chi connectivity index (χ3v) is 3.36. The highest BCUT2D eigenvalue weighted by atomic mass is 16.3. The van der Waals surface area contributed by atoms with Crippen LogP contribution in [0.5, 0.6) is 23.0 Å². The number of hydrogen-bond acceptors (Lipinski definition) is 4. The van der Waals surface area contributed by atoms with E-state index in [9.17, 15) is 20.4 Å². The summed E-state index contributed by atoms with van der Waals surface area (Å²) in [7, 11) is 0. The van der Waals surface area contributed by atoms with Crippen LogP contribution in [0.15, 0.2) is 36.4 Å². The molecule has 0 heterocycles. The molecular formula is C16H18O4. The van der Waals surface area contributed by atoms with Gasteiger partial charge in [-0.25, -0.2) is 0 Å². The van der Waals surface area contributed by atoms with E-state index in [2.05, 4.69) is 0 Å². The molecule has 2 aromatic rings. The van der Waals surface area contributed by atoms with Gasteiger partial charge in [0, 0.05) is 29.2 Å². The number of phenols is 4. The SMILES string of the molecule is CC(C)C(c1ccc(O)cc1O)c1ccc(O)cc1O. The molecule has 4 N–H and O–H groups in total. The highest BCUT2D eigenvalue weighted by molar-refractivity contribution is 5.50. The van der Waals surface area contributed by atoms with Gasteiger partial charge in [0.25, 0.3) is 0 Å². The lowest BCUT2D eigenvalue weighted by Gasteiger charge is -2.24. The Bertz CT molecular complexity index is 568. The smallest absolute Gasteiger partial charge is 0.123 e. The molecule has 20 heavy (non-hydrogen) atoms. The summed E-state index contributed by atoms with van der Waals surface area (Å²) in [5, 5.41) is 38.8. The van der Waals surface area contributed by atoms with E-state index in [1.54, 1.807) is 12.1 Å². The van der Waals surface area contributed by atoms with Gasteiger partial charge in [0.2, 0.25) is 0 Å². The molecule has 0 spiro atoms. The minimum absolute atomic E-state index is 0.0105. The first-order valence-electron chi connectivity index (χ1n) is 6.44. The third kappa shape index (κ3) is 2.64. The molecule has 0 saturated heterocycles. The molecule has 0 bridgehead atoms. The van der Waals surface area contributed by atoms with Crippen molar-refractivity contribution in [2.45, 2.75) is 19.8 Å². The molecule has 0 radical (unpaired) electrons. The quantitative estimate of drug-likeness (QED) is 0.692. The Labute approximate surface area is 117 Å². The summed E-state index contributed by atoms with van der Waals surface area (Å²) in [5.74, 6) is -0.184. The van der Waals surface area contributed by atoms with E-state index in [0.29, 0.717) is 11.1 Å². The minimum atomic E-state index is -0.240. The van der Waals surface area contributed by atoms with Gasteiger partial charge >= 0.3 is 0 Å². The molecule has 0 aliphatic carbocycles. The first-order chi connectivity index (χ1) is 9.40. The molecule has 0 amide bonds. The molecule has 4 heteroatoms. The molecule has 0 unspecified atom stereocenters. The molecule has 106 valence electrons. The van der Waals surface area contributed by atoms with Gasteiger partial charge in [0.05, 0.1) is 0 Å². The van der Waals surface area contributed by atoms with Crippen LogP contribution < -0.4 is 0 Å². The second-order valence-electron chi connectivity index (χ2n) is 5.21. The number of hydrogen-bond donors (Lipinski definition) is 4. The highest BCUT2D eigenvalue weighted by Crippen LogP contribution is 2.42. The first-order valence-corrected chi connectivity index (χ1v) is 6.44. The fraction of sp³-hybridized carbons (Fsp3) is 0.250. The summed E-state index contributed by atoms with van der Waals surface area (Å²) in [5.41, 5.74) is 1.25. The van der Waals surface area contributed by atoms with Gasteiger partial charge in [0.15, 0.2) is 0 Å². The Morgan fingerprint density at radius 2 is 1.10 bits per heavy atom. The van der Waals surface area contributed by atoms with Gasteiger partial charge in [-0.1, -0.05) is 26.0 Å². The number of benzene rings is 2. The Balaban J connectivity index is 2.56. The van der Waals surface area contributed by atoms with Crippen LogP contribution in [0.1, 0.15) is 30.9 Å². The Kier molecular flexibility index (Phi) is 3.74. The van der Waals surface area contributed by atoms with Gasteiger partial charge < -0.3 is 20.4 Å². The molecule has 4 nitrogen and oxygen atoms in total. The normalized spacial score (nSPS) is 11.2. The number of aromatic hydroxyl groups is 4. The Morgan fingerprint density at radius 3 is 1.40 bits per heavy atom. The minimum Gasteiger partial charge on any atom is -0.508 e. The van der Waals surface area contributed by atoms with Crippen molar-refractivity contribution in [3.05, 3.63) is 47.5 Å². The van der Waals surface area contributed by atoms with Crippen LogP contribution in [0, 0.1) is 5.92 Å². The summed E-state index contributed by atoms with van der Waals surface area (Å²) in [4.78, 5) is 0. The van der Waals surface area contributed by atoms with Gasteiger partial charge in [-0.05, 0) is 18.1 Å². The molecular weight excluding hydrogens is 256 g/mol. The molecule has 0 aliphatic heterocycles. The van der Waals surface area contributed by atoms with Gasteiger partial charge in [-0.3, -0.25) is 0 Å². The Hall–Kier alpha value is -2.36. The van der Waals surface area contributed by atoms with Crippen molar-refractivity contribution < 1.29 is 20.4 Å². The maximum Gasteiger partial charge on any atom is 0.123 e. The first kappa shape index (κ1) is 14.1. The summed E-state index contributed by atoms with van der Waals surface area (Å²) in [6.07, 6.45) is 0. The third-order valence-electron chi connectivity index (χ3n) is 3.36. The van der Waals surface area contributed by atoms with Crippen molar-refractivity contribution in [3.8, 4) is 23.0 Å². The van der Waals surface area contributed by atoms with Crippen molar-refractivity contribution in [1.82, 2.24) is 0 Å². The zero-order valence-corrected chi connectivity index (χ0v) is 11.4. The van der Waals surface area contributed by atoms with Crippen LogP contribution in [-0.2, 0) is 0 Å². The van der Waals surface area contributed by atoms with Gasteiger partial charge in [-0.2, -0.15) is 0 Å². The largest absolute Gasteiger partial charge is 0.508 e. The second kappa shape index (κ2) is 5.33. The molecule has 0 fully saturated rings. The predicted octanol–water partition coefficient (Wildman–Crippen LogP) is 3.30. The average Bonchev–Trinajstić information content (AvgIpc) is 2.34. The molecule has 0 atom stereocenters. The molecule has 2 aromatic carbocycles. The fourth-order valence-corrected chi connectivity index (χ4v) is 2.48. The lowest BCUT2D eigenvalue weighted by Crippen LogP contribution is -2.09. The van der Waals surface area contributed by atoms with Crippen molar-refractivity contribution in [2.75, 3.05) is 0 Å².